The largest absolute Gasteiger partial charge is 0.379 e. The Morgan fingerprint density at radius 1 is 0.935 bits per heavy atom. The smallest absolute Gasteiger partial charge is 0.255 e. The van der Waals surface area contributed by atoms with Gasteiger partial charge in [0.05, 0.1) is 28.7 Å². The SMILES string of the molecule is O=C(c1cc(S(=O)(=O)N2CCOCC2)ccc1Cl)N1CCN(Cc2ccccc2)CC1. The number of piperazine rings is 1. The van der Waals surface area contributed by atoms with Gasteiger partial charge in [-0.15, -0.1) is 0 Å². The van der Waals surface area contributed by atoms with Crippen LogP contribution < -0.4 is 0 Å². The zero-order chi connectivity index (χ0) is 21.8. The third-order valence-corrected chi connectivity index (χ3v) is 7.91. The van der Waals surface area contributed by atoms with Crippen LogP contribution in [0.25, 0.3) is 0 Å². The number of morpholine rings is 1. The van der Waals surface area contributed by atoms with E-state index in [1.165, 1.54) is 28.1 Å². The first-order valence-corrected chi connectivity index (χ1v) is 12.2. The molecule has 2 aliphatic heterocycles. The molecule has 0 saturated carbocycles. The maximum absolute atomic E-state index is 13.1. The van der Waals surface area contributed by atoms with E-state index < -0.39 is 10.0 Å². The standard InChI is InChI=1S/C22H26ClN3O4S/c23-21-7-6-19(31(28,29)26-12-14-30-15-13-26)16-20(21)22(27)25-10-8-24(9-11-25)17-18-4-2-1-3-5-18/h1-7,16H,8-15,17H2. The van der Waals surface area contributed by atoms with Crippen molar-refractivity contribution >= 4 is 27.5 Å². The van der Waals surface area contributed by atoms with E-state index >= 15 is 0 Å². The van der Waals surface area contributed by atoms with Crippen molar-refractivity contribution in [3.63, 3.8) is 0 Å². The van der Waals surface area contributed by atoms with Crippen molar-refractivity contribution in [2.75, 3.05) is 52.5 Å². The maximum Gasteiger partial charge on any atom is 0.255 e. The third kappa shape index (κ3) is 5.10. The fraction of sp³-hybridized carbons (Fsp3) is 0.409. The van der Waals surface area contributed by atoms with E-state index in [-0.39, 0.29) is 21.4 Å². The Morgan fingerprint density at radius 3 is 2.29 bits per heavy atom. The first-order valence-electron chi connectivity index (χ1n) is 10.4. The highest BCUT2D eigenvalue weighted by Crippen LogP contribution is 2.25. The molecule has 7 nitrogen and oxygen atoms in total. The monoisotopic (exact) mass is 463 g/mol. The van der Waals surface area contributed by atoms with Crippen molar-refractivity contribution in [1.82, 2.24) is 14.1 Å². The molecule has 0 atom stereocenters. The zero-order valence-corrected chi connectivity index (χ0v) is 18.8. The van der Waals surface area contributed by atoms with E-state index in [9.17, 15) is 13.2 Å². The Bertz CT molecular complexity index is 1020. The Hall–Kier alpha value is -1.97. The lowest BCUT2D eigenvalue weighted by molar-refractivity contribution is 0.0628. The van der Waals surface area contributed by atoms with Crippen LogP contribution in [0.3, 0.4) is 0 Å². The minimum atomic E-state index is -3.69. The number of benzene rings is 2. The van der Waals surface area contributed by atoms with E-state index in [1.807, 2.05) is 18.2 Å². The average molecular weight is 464 g/mol. The van der Waals surface area contributed by atoms with Gasteiger partial charge < -0.3 is 9.64 Å². The number of ether oxygens (including phenoxy) is 1. The molecule has 9 heteroatoms. The van der Waals surface area contributed by atoms with Crippen molar-refractivity contribution in [2.24, 2.45) is 0 Å². The summed E-state index contributed by atoms with van der Waals surface area (Å²) >= 11 is 6.30. The van der Waals surface area contributed by atoms with Gasteiger partial charge in [0.15, 0.2) is 0 Å². The van der Waals surface area contributed by atoms with Crippen LogP contribution in [-0.2, 0) is 21.3 Å². The Morgan fingerprint density at radius 2 is 1.61 bits per heavy atom. The molecule has 2 aromatic carbocycles. The molecule has 0 bridgehead atoms. The van der Waals surface area contributed by atoms with Crippen LogP contribution in [0.5, 0.6) is 0 Å². The van der Waals surface area contributed by atoms with Crippen LogP contribution in [0.15, 0.2) is 53.4 Å². The summed E-state index contributed by atoms with van der Waals surface area (Å²) in [7, 11) is -3.69. The van der Waals surface area contributed by atoms with Crippen LogP contribution in [0.2, 0.25) is 5.02 Å². The number of sulfonamides is 1. The molecule has 31 heavy (non-hydrogen) atoms. The molecular formula is C22H26ClN3O4S. The van der Waals surface area contributed by atoms with Crippen LogP contribution in [0, 0.1) is 0 Å². The number of rotatable bonds is 5. The summed E-state index contributed by atoms with van der Waals surface area (Å²) in [5, 5.41) is 0.262. The van der Waals surface area contributed by atoms with E-state index in [1.54, 1.807) is 4.90 Å². The summed E-state index contributed by atoms with van der Waals surface area (Å²) < 4.78 is 32.6. The highest BCUT2D eigenvalue weighted by molar-refractivity contribution is 7.89. The lowest BCUT2D eigenvalue weighted by Crippen LogP contribution is -2.48. The lowest BCUT2D eigenvalue weighted by atomic mass is 10.1. The van der Waals surface area contributed by atoms with E-state index in [0.29, 0.717) is 39.4 Å². The number of nitrogens with zero attached hydrogens (tertiary/aromatic N) is 3. The fourth-order valence-electron chi connectivity index (χ4n) is 3.89. The molecule has 0 aliphatic carbocycles. The number of carbonyl (C=O) groups is 1. The number of hydrogen-bond acceptors (Lipinski definition) is 5. The van der Waals surface area contributed by atoms with Crippen molar-refractivity contribution in [2.45, 2.75) is 11.4 Å². The van der Waals surface area contributed by atoms with Crippen molar-refractivity contribution in [3.05, 3.63) is 64.7 Å². The number of halogens is 1. The molecule has 2 aliphatic rings. The average Bonchev–Trinajstić information content (AvgIpc) is 2.80. The van der Waals surface area contributed by atoms with E-state index in [2.05, 4.69) is 17.0 Å². The molecule has 4 rings (SSSR count). The summed E-state index contributed by atoms with van der Waals surface area (Å²) in [6.45, 7) is 4.84. The van der Waals surface area contributed by atoms with Gasteiger partial charge in [-0.25, -0.2) is 8.42 Å². The van der Waals surface area contributed by atoms with Gasteiger partial charge in [0.2, 0.25) is 10.0 Å². The summed E-state index contributed by atoms with van der Waals surface area (Å²) in [6.07, 6.45) is 0. The maximum atomic E-state index is 13.1. The Balaban J connectivity index is 1.44. The van der Waals surface area contributed by atoms with Crippen LogP contribution in [0.1, 0.15) is 15.9 Å². The number of amides is 1. The highest BCUT2D eigenvalue weighted by Gasteiger charge is 2.29. The quantitative estimate of drug-likeness (QED) is 0.680. The molecule has 2 saturated heterocycles. The van der Waals surface area contributed by atoms with Gasteiger partial charge in [0.1, 0.15) is 0 Å². The first kappa shape index (κ1) is 22.2. The van der Waals surface area contributed by atoms with Crippen LogP contribution >= 0.6 is 11.6 Å². The molecule has 0 radical (unpaired) electrons. The molecular weight excluding hydrogens is 438 g/mol. The van der Waals surface area contributed by atoms with Crippen molar-refractivity contribution < 1.29 is 17.9 Å². The minimum Gasteiger partial charge on any atom is -0.379 e. The second kappa shape index (κ2) is 9.67. The molecule has 0 unspecified atom stereocenters. The van der Waals surface area contributed by atoms with Gasteiger partial charge in [-0.2, -0.15) is 4.31 Å². The second-order valence-electron chi connectivity index (χ2n) is 7.71. The van der Waals surface area contributed by atoms with Crippen molar-refractivity contribution in [1.29, 1.82) is 0 Å². The van der Waals surface area contributed by atoms with Gasteiger partial charge in [-0.05, 0) is 23.8 Å². The molecule has 0 spiro atoms. The van der Waals surface area contributed by atoms with Gasteiger partial charge in [-0.1, -0.05) is 41.9 Å². The zero-order valence-electron chi connectivity index (χ0n) is 17.2. The molecule has 166 valence electrons. The summed E-state index contributed by atoms with van der Waals surface area (Å²) in [5.74, 6) is -0.233. The summed E-state index contributed by atoms with van der Waals surface area (Å²) in [6, 6.07) is 14.6. The molecule has 2 aromatic rings. The first-order chi connectivity index (χ1) is 14.9. The van der Waals surface area contributed by atoms with Crippen LogP contribution in [-0.4, -0.2) is 80.9 Å². The fourth-order valence-corrected chi connectivity index (χ4v) is 5.52. The minimum absolute atomic E-state index is 0.0878. The molecule has 2 heterocycles. The third-order valence-electron chi connectivity index (χ3n) is 5.68. The predicted octanol–water partition coefficient (Wildman–Crippen LogP) is 2.32. The molecule has 1 amide bonds. The Labute approximate surface area is 188 Å². The van der Waals surface area contributed by atoms with Gasteiger partial charge in [-0.3, -0.25) is 9.69 Å². The molecule has 2 fully saturated rings. The Kier molecular flexibility index (Phi) is 6.93. The lowest BCUT2D eigenvalue weighted by Gasteiger charge is -2.35. The number of carbonyl (C=O) groups excluding carboxylic acids is 1. The number of hydrogen-bond donors (Lipinski definition) is 0. The van der Waals surface area contributed by atoms with Gasteiger partial charge in [0, 0.05) is 45.8 Å². The summed E-state index contributed by atoms with van der Waals surface area (Å²) in [5.41, 5.74) is 1.47. The predicted molar refractivity (Wildman–Crippen MR) is 119 cm³/mol. The van der Waals surface area contributed by atoms with Gasteiger partial charge >= 0.3 is 0 Å². The topological polar surface area (TPSA) is 70.2 Å². The molecule has 0 aromatic heterocycles. The highest BCUT2D eigenvalue weighted by atomic mass is 35.5. The summed E-state index contributed by atoms with van der Waals surface area (Å²) in [4.78, 5) is 17.3. The van der Waals surface area contributed by atoms with Crippen LogP contribution in [0.4, 0.5) is 0 Å². The second-order valence-corrected chi connectivity index (χ2v) is 10.1. The van der Waals surface area contributed by atoms with Gasteiger partial charge in [0.25, 0.3) is 5.91 Å². The molecule has 0 N–H and O–H groups in total. The van der Waals surface area contributed by atoms with Crippen molar-refractivity contribution in [3.8, 4) is 0 Å². The van der Waals surface area contributed by atoms with E-state index in [4.69, 9.17) is 16.3 Å². The van der Waals surface area contributed by atoms with E-state index in [0.717, 1.165) is 19.6 Å². The normalized spacial score (nSPS) is 18.8.